The van der Waals surface area contributed by atoms with Gasteiger partial charge in [-0.05, 0) is 102 Å². The number of hydrogen-bond acceptors (Lipinski definition) is 15. The highest BCUT2D eigenvalue weighted by Crippen LogP contribution is 2.53. The van der Waals surface area contributed by atoms with Gasteiger partial charge in [0.05, 0.1) is 47.7 Å². The number of morpholine rings is 1. The number of piperidine rings is 1. The highest BCUT2D eigenvalue weighted by molar-refractivity contribution is 7.90. The first-order valence-electron chi connectivity index (χ1n) is 25.8. The van der Waals surface area contributed by atoms with Crippen LogP contribution in [0.25, 0.3) is 11.0 Å². The average Bonchev–Trinajstić information content (AvgIpc) is 3.93. The summed E-state index contributed by atoms with van der Waals surface area (Å²) in [4.78, 5) is 40.3. The van der Waals surface area contributed by atoms with Crippen molar-refractivity contribution in [2.24, 2.45) is 5.41 Å². The predicted molar refractivity (Wildman–Crippen MR) is 290 cm³/mol. The van der Waals surface area contributed by atoms with Crippen molar-refractivity contribution in [3.05, 3.63) is 142 Å². The van der Waals surface area contributed by atoms with Gasteiger partial charge >= 0.3 is 0 Å². The second kappa shape index (κ2) is 21.8. The first-order valence-corrected chi connectivity index (χ1v) is 29.1. The van der Waals surface area contributed by atoms with Gasteiger partial charge in [-0.1, -0.05) is 50.2 Å². The smallest absolute Gasteiger partial charge is 0.293 e. The van der Waals surface area contributed by atoms with Gasteiger partial charge in [-0.2, -0.15) is 4.31 Å². The van der Waals surface area contributed by atoms with Crippen molar-refractivity contribution < 1.29 is 40.8 Å². The van der Waals surface area contributed by atoms with Gasteiger partial charge in [0.1, 0.15) is 28.6 Å². The molecule has 4 fully saturated rings. The molecule has 1 saturated carbocycles. The largest absolute Gasteiger partial charge is 0.497 e. The van der Waals surface area contributed by atoms with Crippen LogP contribution in [0.15, 0.2) is 114 Å². The number of hydrogen-bond donors (Lipinski definition) is 3. The van der Waals surface area contributed by atoms with Crippen LogP contribution in [0.2, 0.25) is 0 Å². The molecule has 2 atom stereocenters. The van der Waals surface area contributed by atoms with E-state index < -0.39 is 47.6 Å². The molecular weight excluding hydrogens is 1010 g/mol. The first kappa shape index (κ1) is 52.8. The van der Waals surface area contributed by atoms with Crippen molar-refractivity contribution in [2.75, 3.05) is 82.5 Å². The molecule has 21 heteroatoms. The lowest BCUT2D eigenvalue weighted by molar-refractivity contribution is -0.384. The van der Waals surface area contributed by atoms with Gasteiger partial charge < -0.3 is 29.4 Å². The van der Waals surface area contributed by atoms with Crippen molar-refractivity contribution in [2.45, 2.75) is 75.1 Å². The lowest BCUT2D eigenvalue weighted by Crippen LogP contribution is -2.60. The summed E-state index contributed by atoms with van der Waals surface area (Å²) in [7, 11) is -6.45. The second-order valence-corrected chi connectivity index (χ2v) is 24.6. The Labute approximate surface area is 443 Å². The summed E-state index contributed by atoms with van der Waals surface area (Å²) in [5.74, 6) is 0.702. The van der Waals surface area contributed by atoms with Crippen molar-refractivity contribution >= 4 is 54.0 Å². The van der Waals surface area contributed by atoms with Gasteiger partial charge in [0.25, 0.3) is 21.6 Å². The van der Waals surface area contributed by atoms with Crippen LogP contribution in [-0.4, -0.2) is 136 Å². The van der Waals surface area contributed by atoms with Crippen LogP contribution in [-0.2, 0) is 31.3 Å². The Bertz CT molecular complexity index is 3320. The summed E-state index contributed by atoms with van der Waals surface area (Å²) in [6.45, 7) is 10.4. The number of amides is 1. The summed E-state index contributed by atoms with van der Waals surface area (Å²) in [6, 6.07) is 30.0. The highest BCUT2D eigenvalue weighted by atomic mass is 32.2. The zero-order valence-corrected chi connectivity index (χ0v) is 44.8. The van der Waals surface area contributed by atoms with E-state index in [4.69, 9.17) is 14.2 Å². The molecule has 402 valence electrons. The molecule has 1 spiro atoms. The Hall–Kier alpha value is -6.62. The molecule has 1 unspecified atom stereocenters. The summed E-state index contributed by atoms with van der Waals surface area (Å²) in [6.07, 6.45) is 8.00. The number of benzene rings is 4. The van der Waals surface area contributed by atoms with Crippen LogP contribution in [0.3, 0.4) is 0 Å². The average molecular weight is 1080 g/mol. The van der Waals surface area contributed by atoms with E-state index >= 15 is 0 Å². The molecule has 10 rings (SSSR count). The standard InChI is InChI=1S/C55H65N9O10S2/c1-37(2)46-7-5-6-8-47(46)51-36-60(34-38-9-12-42(72-3)13-10-38)23-24-63(51)41-30-55(31-41)18-21-61(22-19-55)40-11-15-48(52(28-40)74-43-27-39-17-20-56-53(39)58-32-43)54(65)59-76(70,71)45-14-16-49(50(29-45)64(66)67)57-33-44-35-62(25-26-73-44)75(4,68)69/h5-17,20,27-29,32,37,41,44,51,57H,18-19,21-26,30-31,33-36H2,1-4H3,(H,56,58)(H,59,65)/t44?,51-/m0/s1. The minimum Gasteiger partial charge on any atom is -0.497 e. The van der Waals surface area contributed by atoms with E-state index in [0.29, 0.717) is 23.4 Å². The molecule has 5 heterocycles. The number of aromatic amines is 1. The molecule has 4 aromatic carbocycles. The van der Waals surface area contributed by atoms with Crippen molar-refractivity contribution in [3.63, 3.8) is 0 Å². The van der Waals surface area contributed by atoms with E-state index in [1.165, 1.54) is 33.3 Å². The number of methoxy groups -OCH3 is 1. The second-order valence-electron chi connectivity index (χ2n) is 20.9. The molecule has 1 amide bonds. The molecule has 76 heavy (non-hydrogen) atoms. The number of anilines is 2. The van der Waals surface area contributed by atoms with Crippen LogP contribution in [0.5, 0.6) is 17.2 Å². The number of carbonyl (C=O) groups excluding carboxylic acids is 1. The minimum atomic E-state index is -4.67. The lowest BCUT2D eigenvalue weighted by atomic mass is 9.59. The third-order valence-electron chi connectivity index (χ3n) is 15.7. The summed E-state index contributed by atoms with van der Waals surface area (Å²) < 4.78 is 72.8. The Balaban J connectivity index is 0.829. The number of rotatable bonds is 17. The van der Waals surface area contributed by atoms with Crippen LogP contribution in [0.1, 0.15) is 78.5 Å². The fraction of sp³-hybridized carbons (Fsp3) is 0.418. The maximum Gasteiger partial charge on any atom is 0.293 e. The monoisotopic (exact) mass is 1080 g/mol. The molecule has 3 saturated heterocycles. The lowest BCUT2D eigenvalue weighted by Gasteiger charge is -2.58. The Morgan fingerprint density at radius 1 is 0.921 bits per heavy atom. The number of aromatic nitrogens is 2. The SMILES string of the molecule is COc1ccc(CN2CCN(C3CC4(CCN(c5ccc(C(=O)NS(=O)(=O)c6ccc(NCC7CN(S(C)(=O)=O)CCO7)c([N+](=O)[O-])c6)c(Oc6cnc7[nH]ccc7c6)c5)CC4)C3)[C@H](c3ccccc3C(C)C)C2)cc1. The first-order chi connectivity index (χ1) is 36.4. The Morgan fingerprint density at radius 2 is 1.70 bits per heavy atom. The number of nitro groups is 1. The molecule has 3 aliphatic heterocycles. The maximum atomic E-state index is 14.1. The van der Waals surface area contributed by atoms with Crippen molar-refractivity contribution in [1.29, 1.82) is 0 Å². The van der Waals surface area contributed by atoms with Gasteiger partial charge in [0.2, 0.25) is 10.0 Å². The number of fused-ring (bicyclic) bond motifs is 1. The molecule has 3 N–H and O–H groups in total. The molecule has 6 aromatic rings. The zero-order chi connectivity index (χ0) is 53.4. The summed E-state index contributed by atoms with van der Waals surface area (Å²) >= 11 is 0. The summed E-state index contributed by atoms with van der Waals surface area (Å²) in [5.41, 5.74) is 5.12. The molecule has 0 radical (unpaired) electrons. The van der Waals surface area contributed by atoms with Crippen LogP contribution in [0.4, 0.5) is 17.1 Å². The van der Waals surface area contributed by atoms with Gasteiger partial charge in [-0.15, -0.1) is 0 Å². The third-order valence-corrected chi connectivity index (χ3v) is 18.2. The third kappa shape index (κ3) is 11.5. The van der Waals surface area contributed by atoms with Crippen LogP contribution in [0, 0.1) is 15.5 Å². The molecule has 0 bridgehead atoms. The number of carbonyl (C=O) groups is 1. The quantitative estimate of drug-likeness (QED) is 0.0584. The Morgan fingerprint density at radius 3 is 2.43 bits per heavy atom. The molecule has 4 aliphatic rings. The highest BCUT2D eigenvalue weighted by Gasteiger charge is 2.50. The van der Waals surface area contributed by atoms with Crippen LogP contribution >= 0.6 is 0 Å². The van der Waals surface area contributed by atoms with Crippen molar-refractivity contribution in [1.82, 2.24) is 28.8 Å². The number of nitro benzene ring substituents is 1. The number of ether oxygens (including phenoxy) is 3. The molecule has 1 aliphatic carbocycles. The van der Waals surface area contributed by atoms with E-state index in [1.54, 1.807) is 37.6 Å². The number of H-pyrrole nitrogens is 1. The van der Waals surface area contributed by atoms with E-state index in [0.717, 1.165) is 100 Å². The minimum absolute atomic E-state index is 0.0112. The van der Waals surface area contributed by atoms with Crippen LogP contribution < -0.4 is 24.4 Å². The van der Waals surface area contributed by atoms with Gasteiger partial charge in [-0.3, -0.25) is 24.7 Å². The number of nitrogens with zero attached hydrogens (tertiary/aromatic N) is 6. The maximum absolute atomic E-state index is 14.1. The van der Waals surface area contributed by atoms with E-state index in [2.05, 4.69) is 85.0 Å². The van der Waals surface area contributed by atoms with Gasteiger partial charge in [0.15, 0.2) is 0 Å². The number of pyridine rings is 1. The number of sulfonamides is 2. The molecule has 2 aromatic heterocycles. The molecular formula is C55H65N9O10S2. The zero-order valence-electron chi connectivity index (χ0n) is 43.2. The fourth-order valence-electron chi connectivity index (χ4n) is 11.5. The van der Waals surface area contributed by atoms with Gasteiger partial charge in [0, 0.05) is 100 Å². The number of piperazine rings is 1. The summed E-state index contributed by atoms with van der Waals surface area (Å²) in [5, 5.41) is 15.9. The van der Waals surface area contributed by atoms with Gasteiger partial charge in [-0.25, -0.2) is 26.5 Å². The topological polar surface area (TPSA) is 222 Å². The normalized spacial score (nSPS) is 19.9. The predicted octanol–water partition coefficient (Wildman–Crippen LogP) is 7.89. The number of nitrogens with one attached hydrogen (secondary N) is 3. The Kier molecular flexibility index (Phi) is 15.1. The molecule has 19 nitrogen and oxygen atoms in total. The van der Waals surface area contributed by atoms with E-state index in [-0.39, 0.29) is 54.7 Å². The van der Waals surface area contributed by atoms with E-state index in [1.807, 2.05) is 18.2 Å². The van der Waals surface area contributed by atoms with Crippen molar-refractivity contribution in [3.8, 4) is 17.2 Å². The fourth-order valence-corrected chi connectivity index (χ4v) is 13.3. The van der Waals surface area contributed by atoms with E-state index in [9.17, 15) is 31.7 Å².